The second-order valence-corrected chi connectivity index (χ2v) is 11.5. The van der Waals surface area contributed by atoms with Crippen LogP contribution >= 0.6 is 0 Å². The van der Waals surface area contributed by atoms with E-state index in [1.54, 1.807) is 12.1 Å². The number of carboxylic acid groups (broad SMARTS) is 1. The molecule has 1 amide bonds. The van der Waals surface area contributed by atoms with Crippen molar-refractivity contribution in [2.45, 2.75) is 42.6 Å². The number of hydrogen-bond donors (Lipinski definition) is 6. The fraction of sp³-hybridized carbons (Fsp3) is 0.375. The maximum Gasteiger partial charge on any atom is 0.314 e. The third-order valence-electron chi connectivity index (χ3n) is 8.05. The smallest absolute Gasteiger partial charge is 0.314 e. The van der Waals surface area contributed by atoms with E-state index in [9.17, 15) is 24.3 Å². The molecule has 2 aliphatic heterocycles. The Morgan fingerprint density at radius 3 is 2.57 bits per heavy atom. The maximum absolute atomic E-state index is 13.3. The Morgan fingerprint density at radius 1 is 1.04 bits per heavy atom. The van der Waals surface area contributed by atoms with E-state index in [1.807, 2.05) is 35.3 Å². The lowest BCUT2D eigenvalue weighted by Crippen LogP contribution is -2.45. The van der Waals surface area contributed by atoms with Gasteiger partial charge < -0.3 is 27.2 Å². The van der Waals surface area contributed by atoms with Crippen LogP contribution in [-0.2, 0) is 16.1 Å². The molecule has 2 aromatic heterocycles. The first-order valence-corrected chi connectivity index (χ1v) is 15.2. The number of benzene rings is 1. The number of carboxylic acids is 1. The van der Waals surface area contributed by atoms with Gasteiger partial charge in [0, 0.05) is 68.1 Å². The number of amides is 1. The first-order valence-electron chi connectivity index (χ1n) is 15.2. The van der Waals surface area contributed by atoms with Crippen LogP contribution in [-0.4, -0.2) is 127 Å². The van der Waals surface area contributed by atoms with E-state index in [0.717, 1.165) is 6.42 Å². The fourth-order valence-electron chi connectivity index (χ4n) is 5.59. The molecule has 0 saturated carbocycles. The number of carbonyl (C=O) groups is 3. The quantitative estimate of drug-likeness (QED) is 0.0456. The minimum absolute atomic E-state index is 0.0532. The summed E-state index contributed by atoms with van der Waals surface area (Å²) in [5, 5.41) is 15.9. The summed E-state index contributed by atoms with van der Waals surface area (Å²) in [7, 11) is 20.8. The Labute approximate surface area is 279 Å². The van der Waals surface area contributed by atoms with Crippen molar-refractivity contribution in [1.29, 1.82) is 0 Å². The largest absolute Gasteiger partial charge is 0.481 e. The summed E-state index contributed by atoms with van der Waals surface area (Å²) in [6.07, 6.45) is 2.65. The highest BCUT2D eigenvalue weighted by Crippen LogP contribution is 2.36. The molecule has 4 atom stereocenters. The zero-order chi connectivity index (χ0) is 33.4. The van der Waals surface area contributed by atoms with E-state index in [-0.39, 0.29) is 46.4 Å². The van der Waals surface area contributed by atoms with Crippen LogP contribution in [0.4, 0.5) is 11.6 Å². The molecular weight excluding hydrogens is 588 g/mol. The molecule has 8 N–H and O–H groups in total. The van der Waals surface area contributed by atoms with Gasteiger partial charge >= 0.3 is 5.97 Å². The number of primary amides is 1. The molecule has 2 saturated heterocycles. The minimum atomic E-state index is -1.48. The summed E-state index contributed by atoms with van der Waals surface area (Å²) >= 11 is 0. The monoisotopic (exact) mass is 616 g/mol. The molecule has 0 aliphatic carbocycles. The number of nitrogen functional groups attached to an aromatic ring is 1. The number of Topliss-reactive ketones (excluding diaryl/α,β-unsaturated/α-hetero) is 1. The van der Waals surface area contributed by atoms with E-state index in [2.05, 4.69) is 66.5 Å². The summed E-state index contributed by atoms with van der Waals surface area (Å²) in [6.45, 7) is 0.624. The van der Waals surface area contributed by atoms with Gasteiger partial charge in [0.1, 0.15) is 5.92 Å². The number of ketones is 1. The second kappa shape index (κ2) is 15.9. The van der Waals surface area contributed by atoms with Gasteiger partial charge in [-0.1, -0.05) is 6.42 Å². The number of aliphatic carboxylic acids is 1. The number of rotatable bonds is 14. The number of hydrogen-bond acceptors (Lipinski definition) is 10. The maximum atomic E-state index is 13.3. The summed E-state index contributed by atoms with van der Waals surface area (Å²) in [5.74, 6) is -4.23. The second-order valence-electron chi connectivity index (χ2n) is 11.5. The van der Waals surface area contributed by atoms with Crippen molar-refractivity contribution < 1.29 is 19.5 Å². The van der Waals surface area contributed by atoms with E-state index in [4.69, 9.17) is 11.5 Å². The van der Waals surface area contributed by atoms with E-state index in [0.29, 0.717) is 24.3 Å². The topological polar surface area (TPSA) is 219 Å². The molecule has 23 heteroatoms. The fourth-order valence-corrected chi connectivity index (χ4v) is 5.59. The lowest BCUT2D eigenvalue weighted by Gasteiger charge is -2.31. The first-order chi connectivity index (χ1) is 22.6. The molecule has 47 heavy (non-hydrogen) atoms. The average Bonchev–Trinajstić information content (AvgIpc) is 3.44. The molecule has 2 bridgehead atoms. The number of H-pyrrole nitrogens is 1. The van der Waals surface area contributed by atoms with E-state index >= 15 is 0 Å². The van der Waals surface area contributed by atoms with Crippen molar-refractivity contribution in [2.24, 2.45) is 11.7 Å². The third-order valence-corrected chi connectivity index (χ3v) is 8.05. The standard InChI is InChI=1S/C24H26B10N8O5/c35-18(44)15(37-7-1-6-24-25-22(26-28-24)27-30-32-34-33-31-29-24)8-14(21(46)47)17(43)11-2-4-12(5-3-11)38-9-13-10-39-19-16(40-13)20(45)42-23(36)41-19/h2-5,10,14-15,22,37-38H,1,6-9H2,(H2,35,44)(H,46,47)(H3,36,39,41,42,45)/t14?,15-,22+,24+/m0/s1. The Bertz CT molecular complexity index is 1660. The van der Waals surface area contributed by atoms with Gasteiger partial charge in [-0.15, -0.1) is 10.7 Å². The van der Waals surface area contributed by atoms with Crippen molar-refractivity contribution in [1.82, 2.24) is 25.3 Å². The lowest BCUT2D eigenvalue weighted by molar-refractivity contribution is -0.140. The van der Waals surface area contributed by atoms with Crippen LogP contribution in [0, 0.1) is 5.92 Å². The zero-order valence-corrected chi connectivity index (χ0v) is 25.5. The van der Waals surface area contributed by atoms with Crippen LogP contribution < -0.4 is 27.7 Å². The predicted molar refractivity (Wildman–Crippen MR) is 190 cm³/mol. The normalized spacial score (nSPS) is 19.4. The van der Waals surface area contributed by atoms with Crippen LogP contribution in [0.2, 0.25) is 10.7 Å². The summed E-state index contributed by atoms with van der Waals surface area (Å²) in [4.78, 5) is 64.6. The van der Waals surface area contributed by atoms with Gasteiger partial charge in [0.25, 0.3) is 5.56 Å². The number of aromatic amines is 1. The van der Waals surface area contributed by atoms with Gasteiger partial charge in [0.05, 0.1) is 38.9 Å². The van der Waals surface area contributed by atoms with Crippen molar-refractivity contribution >= 4 is 112 Å². The number of aromatic nitrogens is 4. The Kier molecular flexibility index (Phi) is 11.7. The van der Waals surface area contributed by atoms with Crippen molar-refractivity contribution in [3.63, 3.8) is 0 Å². The number of nitrogens with one attached hydrogen (secondary N) is 3. The Balaban J connectivity index is 1.14. The summed E-state index contributed by atoms with van der Waals surface area (Å²) in [6, 6.07) is 5.25. The van der Waals surface area contributed by atoms with Crippen LogP contribution in [0.5, 0.6) is 0 Å². The molecule has 13 nitrogen and oxygen atoms in total. The van der Waals surface area contributed by atoms with Crippen LogP contribution in [0.3, 0.4) is 0 Å². The van der Waals surface area contributed by atoms with Crippen molar-refractivity contribution in [3.8, 4) is 0 Å². The van der Waals surface area contributed by atoms with Crippen LogP contribution in [0.25, 0.3) is 11.2 Å². The van der Waals surface area contributed by atoms with Crippen LogP contribution in [0.15, 0.2) is 35.3 Å². The number of anilines is 2. The number of fused-ring (bicyclic) bond motifs is 3. The molecule has 1 unspecified atom stereocenters. The number of nitrogens with two attached hydrogens (primary N) is 2. The number of nitrogens with zero attached hydrogens (tertiary/aromatic N) is 3. The highest BCUT2D eigenvalue weighted by molar-refractivity contribution is 7.64. The molecule has 4 heterocycles. The third kappa shape index (κ3) is 9.21. The Morgan fingerprint density at radius 2 is 1.81 bits per heavy atom. The van der Waals surface area contributed by atoms with Gasteiger partial charge in [-0.3, -0.25) is 24.2 Å². The molecule has 0 spiro atoms. The number of carbonyl (C=O) groups excluding carboxylic acids is 2. The van der Waals surface area contributed by atoms with Gasteiger partial charge in [0.2, 0.25) is 11.9 Å². The molecule has 1 aromatic carbocycles. The van der Waals surface area contributed by atoms with Gasteiger partial charge in [-0.2, -0.15) is 4.98 Å². The molecule has 5 rings (SSSR count). The Hall–Kier alpha value is -3.74. The average molecular weight is 615 g/mol. The van der Waals surface area contributed by atoms with Gasteiger partial charge in [-0.05, 0) is 43.7 Å². The predicted octanol–water partition coefficient (Wildman–Crippen LogP) is -3.34. The van der Waals surface area contributed by atoms with Crippen molar-refractivity contribution in [3.05, 3.63) is 52.1 Å². The zero-order valence-electron chi connectivity index (χ0n) is 25.5. The highest BCUT2D eigenvalue weighted by atomic mass is 16.4. The first kappa shape index (κ1) is 34.6. The van der Waals surface area contributed by atoms with Gasteiger partial charge in [0.15, 0.2) is 16.9 Å². The van der Waals surface area contributed by atoms with E-state index < -0.39 is 35.2 Å². The molecule has 2 aliphatic rings. The molecular formula is C24H26B10N8O5. The molecule has 2 fully saturated rings. The highest BCUT2D eigenvalue weighted by Gasteiger charge is 2.39. The van der Waals surface area contributed by atoms with Crippen molar-refractivity contribution in [2.75, 3.05) is 17.6 Å². The summed E-state index contributed by atoms with van der Waals surface area (Å²) < 4.78 is 0. The van der Waals surface area contributed by atoms with E-state index in [1.165, 1.54) is 18.3 Å². The molecule has 222 valence electrons. The summed E-state index contributed by atoms with van der Waals surface area (Å²) in [5.41, 5.74) is 12.3. The molecule has 10 radical (unpaired) electrons. The van der Waals surface area contributed by atoms with Crippen LogP contribution in [0.1, 0.15) is 35.3 Å². The molecule has 3 aromatic rings. The SMILES string of the molecule is NC(=O)[C@H](CC(C(=O)O)C(=O)c1ccc(NCc2cnc3nc(N)[nH]c(=O)c3n2)cc1)NCCC[C@]12[B][B][B][B][B][B][B][C@@H]([B][B]1)[B]2. The minimum Gasteiger partial charge on any atom is -0.481 e. The lowest BCUT2D eigenvalue weighted by atomic mass is 8.89. The van der Waals surface area contributed by atoms with Gasteiger partial charge in [-0.25, -0.2) is 9.97 Å².